The van der Waals surface area contributed by atoms with Gasteiger partial charge in [-0.05, 0) is 56.8 Å². The number of aliphatic carboxylic acids is 2. The van der Waals surface area contributed by atoms with Crippen molar-refractivity contribution in [3.05, 3.63) is 24.3 Å². The van der Waals surface area contributed by atoms with E-state index < -0.39 is 11.9 Å². The molecule has 4 nitrogen and oxygen atoms in total. The predicted octanol–water partition coefficient (Wildman–Crippen LogP) is 5.44. The zero-order valence-corrected chi connectivity index (χ0v) is 15.5. The zero-order valence-electron chi connectivity index (χ0n) is 15.5. The second-order valence-electron chi connectivity index (χ2n) is 7.08. The molecule has 0 amide bonds. The van der Waals surface area contributed by atoms with Gasteiger partial charge in [0, 0.05) is 6.42 Å². The number of carboxylic acid groups (broad SMARTS) is 2. The van der Waals surface area contributed by atoms with Crippen molar-refractivity contribution in [2.75, 3.05) is 0 Å². The molecule has 0 spiro atoms. The predicted molar refractivity (Wildman–Crippen MR) is 100 cm³/mol. The third-order valence-electron chi connectivity index (χ3n) is 5.16. The standard InChI is InChI=1S/C21H34O4/c1-2-3-4-5-6-9-12-17-15-16-19(21(24)25)18(17)13-10-7-8-11-14-20(22)23/h3-4,9,12,17-19H,2,5-8,10-11,13-16H2,1H3,(H,22,23)(H,24,25)/t17-,18+,19?/m0/s1. The SMILES string of the molecule is CCC=CCCC=C[C@H]1CCC(C(=O)O)[C@@H]1CCCCCCC(=O)O. The highest BCUT2D eigenvalue weighted by atomic mass is 16.4. The van der Waals surface area contributed by atoms with Gasteiger partial charge >= 0.3 is 11.9 Å². The summed E-state index contributed by atoms with van der Waals surface area (Å²) in [5.74, 6) is -0.985. The molecule has 1 unspecified atom stereocenters. The number of hydrogen-bond donors (Lipinski definition) is 2. The van der Waals surface area contributed by atoms with Crippen molar-refractivity contribution in [3.63, 3.8) is 0 Å². The highest BCUT2D eigenvalue weighted by molar-refractivity contribution is 5.70. The Hall–Kier alpha value is -1.58. The first kappa shape index (κ1) is 21.5. The van der Waals surface area contributed by atoms with E-state index in [4.69, 9.17) is 5.11 Å². The van der Waals surface area contributed by atoms with Crippen LogP contribution in [0.4, 0.5) is 0 Å². The van der Waals surface area contributed by atoms with Crippen LogP contribution < -0.4 is 0 Å². The van der Waals surface area contributed by atoms with Crippen LogP contribution in [0.15, 0.2) is 24.3 Å². The summed E-state index contributed by atoms with van der Waals surface area (Å²) >= 11 is 0. The topological polar surface area (TPSA) is 74.6 Å². The molecule has 3 atom stereocenters. The van der Waals surface area contributed by atoms with Gasteiger partial charge in [0.25, 0.3) is 0 Å². The van der Waals surface area contributed by atoms with Gasteiger partial charge in [-0.2, -0.15) is 0 Å². The van der Waals surface area contributed by atoms with Gasteiger partial charge in [0.05, 0.1) is 5.92 Å². The molecule has 1 aliphatic rings. The summed E-state index contributed by atoms with van der Waals surface area (Å²) in [6.45, 7) is 2.13. The first-order valence-electron chi connectivity index (χ1n) is 9.82. The fraction of sp³-hybridized carbons (Fsp3) is 0.714. The minimum atomic E-state index is -0.735. The lowest BCUT2D eigenvalue weighted by Crippen LogP contribution is -2.21. The van der Waals surface area contributed by atoms with Crippen LogP contribution in [0.3, 0.4) is 0 Å². The maximum Gasteiger partial charge on any atom is 0.306 e. The van der Waals surface area contributed by atoms with Crippen LogP contribution >= 0.6 is 0 Å². The highest BCUT2D eigenvalue weighted by Gasteiger charge is 2.38. The average molecular weight is 350 g/mol. The Morgan fingerprint density at radius 2 is 1.68 bits per heavy atom. The Morgan fingerprint density at radius 1 is 0.960 bits per heavy atom. The molecule has 0 bridgehead atoms. The molecule has 25 heavy (non-hydrogen) atoms. The number of carbonyl (C=O) groups is 2. The molecule has 2 N–H and O–H groups in total. The van der Waals surface area contributed by atoms with Gasteiger partial charge in [0.15, 0.2) is 0 Å². The molecule has 0 aromatic heterocycles. The molecule has 0 aliphatic heterocycles. The fourth-order valence-corrected chi connectivity index (χ4v) is 3.82. The van der Waals surface area contributed by atoms with Crippen LogP contribution in [0.2, 0.25) is 0 Å². The number of allylic oxidation sites excluding steroid dienone is 4. The van der Waals surface area contributed by atoms with Crippen molar-refractivity contribution < 1.29 is 19.8 Å². The van der Waals surface area contributed by atoms with Crippen molar-refractivity contribution in [2.45, 2.75) is 77.6 Å². The minimum Gasteiger partial charge on any atom is -0.481 e. The summed E-state index contributed by atoms with van der Waals surface area (Å²) in [6.07, 6.45) is 18.5. The summed E-state index contributed by atoms with van der Waals surface area (Å²) < 4.78 is 0. The average Bonchev–Trinajstić information content (AvgIpc) is 2.97. The molecule has 0 aromatic carbocycles. The molecule has 4 heteroatoms. The summed E-state index contributed by atoms with van der Waals surface area (Å²) in [5, 5.41) is 18.1. The van der Waals surface area contributed by atoms with Gasteiger partial charge in [-0.3, -0.25) is 9.59 Å². The molecule has 0 heterocycles. The second-order valence-corrected chi connectivity index (χ2v) is 7.08. The molecule has 1 aliphatic carbocycles. The molecule has 1 rings (SSSR count). The van der Waals surface area contributed by atoms with Crippen LogP contribution in [-0.4, -0.2) is 22.2 Å². The molecule has 1 saturated carbocycles. The Morgan fingerprint density at radius 3 is 2.36 bits per heavy atom. The zero-order chi connectivity index (χ0) is 18.5. The van der Waals surface area contributed by atoms with E-state index in [1.165, 1.54) is 0 Å². The van der Waals surface area contributed by atoms with E-state index in [1.54, 1.807) is 0 Å². The van der Waals surface area contributed by atoms with Gasteiger partial charge in [-0.1, -0.05) is 50.5 Å². The van der Waals surface area contributed by atoms with E-state index in [-0.39, 0.29) is 18.3 Å². The van der Waals surface area contributed by atoms with Crippen molar-refractivity contribution in [1.82, 2.24) is 0 Å². The van der Waals surface area contributed by atoms with Crippen molar-refractivity contribution in [3.8, 4) is 0 Å². The normalized spacial score (nSPS) is 23.6. The van der Waals surface area contributed by atoms with Gasteiger partial charge in [0.1, 0.15) is 0 Å². The minimum absolute atomic E-state index is 0.214. The van der Waals surface area contributed by atoms with Crippen molar-refractivity contribution in [1.29, 1.82) is 0 Å². The summed E-state index contributed by atoms with van der Waals surface area (Å²) in [6, 6.07) is 0. The van der Waals surface area contributed by atoms with E-state index >= 15 is 0 Å². The van der Waals surface area contributed by atoms with Crippen LogP contribution in [0.25, 0.3) is 0 Å². The fourth-order valence-electron chi connectivity index (χ4n) is 3.82. The van der Waals surface area contributed by atoms with E-state index in [1.807, 2.05) is 0 Å². The van der Waals surface area contributed by atoms with Crippen molar-refractivity contribution >= 4 is 11.9 Å². The molecule has 0 aromatic rings. The first-order chi connectivity index (χ1) is 12.1. The molecular formula is C21H34O4. The Labute approximate surface area is 152 Å². The number of rotatable bonds is 13. The number of carboxylic acids is 2. The summed E-state index contributed by atoms with van der Waals surface area (Å²) in [4.78, 5) is 22.0. The smallest absolute Gasteiger partial charge is 0.306 e. The Balaban J connectivity index is 2.39. The van der Waals surface area contributed by atoms with Crippen LogP contribution in [0.5, 0.6) is 0 Å². The number of hydrogen-bond acceptors (Lipinski definition) is 2. The Kier molecular flexibility index (Phi) is 10.9. The maximum absolute atomic E-state index is 11.5. The lowest BCUT2D eigenvalue weighted by Gasteiger charge is -2.20. The maximum atomic E-state index is 11.5. The third kappa shape index (κ3) is 8.89. The molecule has 142 valence electrons. The van der Waals surface area contributed by atoms with Crippen LogP contribution in [0.1, 0.15) is 77.6 Å². The largest absolute Gasteiger partial charge is 0.481 e. The van der Waals surface area contributed by atoms with E-state index in [9.17, 15) is 14.7 Å². The molecule has 1 fully saturated rings. The number of unbranched alkanes of at least 4 members (excludes halogenated alkanes) is 4. The van der Waals surface area contributed by atoms with Crippen molar-refractivity contribution in [2.24, 2.45) is 17.8 Å². The Bertz CT molecular complexity index is 453. The molecule has 0 radical (unpaired) electrons. The lowest BCUT2D eigenvalue weighted by atomic mass is 9.84. The van der Waals surface area contributed by atoms with Gasteiger partial charge < -0.3 is 10.2 Å². The van der Waals surface area contributed by atoms with E-state index in [0.29, 0.717) is 5.92 Å². The van der Waals surface area contributed by atoms with Crippen LogP contribution in [-0.2, 0) is 9.59 Å². The van der Waals surface area contributed by atoms with Gasteiger partial charge in [0.2, 0.25) is 0 Å². The first-order valence-corrected chi connectivity index (χ1v) is 9.82. The quantitative estimate of drug-likeness (QED) is 0.342. The van der Waals surface area contributed by atoms with E-state index in [2.05, 4.69) is 31.2 Å². The van der Waals surface area contributed by atoms with Gasteiger partial charge in [-0.15, -0.1) is 0 Å². The summed E-state index contributed by atoms with van der Waals surface area (Å²) in [7, 11) is 0. The molecule has 0 saturated heterocycles. The van der Waals surface area contributed by atoms with Gasteiger partial charge in [-0.25, -0.2) is 0 Å². The monoisotopic (exact) mass is 350 g/mol. The summed E-state index contributed by atoms with van der Waals surface area (Å²) in [5.41, 5.74) is 0. The lowest BCUT2D eigenvalue weighted by molar-refractivity contribution is -0.143. The molecular weight excluding hydrogens is 316 g/mol. The second kappa shape index (κ2) is 12.7. The third-order valence-corrected chi connectivity index (χ3v) is 5.16. The highest BCUT2D eigenvalue weighted by Crippen LogP contribution is 2.41. The van der Waals surface area contributed by atoms with E-state index in [0.717, 1.165) is 64.2 Å². The van der Waals surface area contributed by atoms with Crippen LogP contribution in [0, 0.1) is 17.8 Å².